The van der Waals surface area contributed by atoms with E-state index in [4.69, 9.17) is 16.3 Å². The quantitative estimate of drug-likeness (QED) is 0.277. The lowest BCUT2D eigenvalue weighted by molar-refractivity contribution is -0.139. The zero-order valence-corrected chi connectivity index (χ0v) is 22.9. The van der Waals surface area contributed by atoms with Crippen LogP contribution in [0.1, 0.15) is 27.5 Å². The molecule has 4 aromatic carbocycles. The molecule has 8 nitrogen and oxygen atoms in total. The van der Waals surface area contributed by atoms with Gasteiger partial charge in [0.1, 0.15) is 18.3 Å². The van der Waals surface area contributed by atoms with Crippen LogP contribution in [-0.2, 0) is 20.9 Å². The van der Waals surface area contributed by atoms with Crippen LogP contribution in [0.5, 0.6) is 5.75 Å². The summed E-state index contributed by atoms with van der Waals surface area (Å²) in [7, 11) is 1.55. The molecule has 0 aromatic heterocycles. The molecule has 3 amide bonds. The van der Waals surface area contributed by atoms with E-state index < -0.39 is 36.1 Å². The van der Waals surface area contributed by atoms with Gasteiger partial charge in [0, 0.05) is 17.3 Å². The molecule has 5 rings (SSSR count). The Balaban J connectivity index is 1.53. The first-order chi connectivity index (χ1) is 19.9. The Bertz CT molecular complexity index is 1590. The standard InChI is InChI=1S/C32H26ClN3O5/c1-41-25-17-15-24(16-18-25)34-31(39)29(22-11-13-23(33)14-12-22)36(19-21-7-3-2-4-8-21)28(37)20-35-27-10-6-5-9-26(27)30(38)32(35)40/h2-18,29H,19-20H2,1H3,(H,34,39)/t29-/m0/s1. The van der Waals surface area contributed by atoms with Gasteiger partial charge >= 0.3 is 0 Å². The van der Waals surface area contributed by atoms with Crippen molar-refractivity contribution in [3.05, 3.63) is 125 Å². The number of para-hydroxylation sites is 1. The smallest absolute Gasteiger partial charge is 0.299 e. The molecular formula is C32H26ClN3O5. The van der Waals surface area contributed by atoms with Crippen LogP contribution in [0.2, 0.25) is 5.02 Å². The normalized spacial score (nSPS) is 13.0. The van der Waals surface area contributed by atoms with Crippen molar-refractivity contribution < 1.29 is 23.9 Å². The van der Waals surface area contributed by atoms with Gasteiger partial charge < -0.3 is 15.0 Å². The summed E-state index contributed by atoms with van der Waals surface area (Å²) < 4.78 is 5.21. The highest BCUT2D eigenvalue weighted by Crippen LogP contribution is 2.31. The molecule has 0 spiro atoms. The molecule has 0 aliphatic carbocycles. The van der Waals surface area contributed by atoms with E-state index in [1.165, 1.54) is 4.90 Å². The zero-order valence-electron chi connectivity index (χ0n) is 22.1. The summed E-state index contributed by atoms with van der Waals surface area (Å²) in [4.78, 5) is 56.1. The van der Waals surface area contributed by atoms with Gasteiger partial charge in [0.2, 0.25) is 5.91 Å². The van der Waals surface area contributed by atoms with Crippen molar-refractivity contribution in [1.82, 2.24) is 4.90 Å². The number of carbonyl (C=O) groups is 4. The van der Waals surface area contributed by atoms with Crippen molar-refractivity contribution in [2.24, 2.45) is 0 Å². The fraction of sp³-hybridized carbons (Fsp3) is 0.125. The number of carbonyl (C=O) groups excluding carboxylic acids is 4. The van der Waals surface area contributed by atoms with E-state index in [1.807, 2.05) is 30.3 Å². The molecule has 0 saturated heterocycles. The van der Waals surface area contributed by atoms with Gasteiger partial charge in [-0.2, -0.15) is 0 Å². The maximum absolute atomic E-state index is 14.1. The van der Waals surface area contributed by atoms with Crippen LogP contribution in [-0.4, -0.2) is 42.1 Å². The van der Waals surface area contributed by atoms with E-state index in [1.54, 1.807) is 79.9 Å². The molecule has 9 heteroatoms. The molecule has 41 heavy (non-hydrogen) atoms. The minimum absolute atomic E-state index is 0.0701. The zero-order chi connectivity index (χ0) is 28.9. The lowest BCUT2D eigenvalue weighted by Gasteiger charge is -2.33. The number of halogens is 1. The number of ether oxygens (including phenoxy) is 1. The Kier molecular flexibility index (Phi) is 8.12. The van der Waals surface area contributed by atoms with Crippen LogP contribution < -0.4 is 15.0 Å². The average Bonchev–Trinajstić information content (AvgIpc) is 3.23. The number of rotatable bonds is 9. The van der Waals surface area contributed by atoms with Crippen LogP contribution in [0.4, 0.5) is 11.4 Å². The summed E-state index contributed by atoms with van der Waals surface area (Å²) in [6.07, 6.45) is 0. The van der Waals surface area contributed by atoms with Gasteiger partial charge in [-0.05, 0) is 59.7 Å². The molecule has 0 radical (unpaired) electrons. The first-order valence-electron chi connectivity index (χ1n) is 12.8. The number of nitrogens with zero attached hydrogens (tertiary/aromatic N) is 2. The van der Waals surface area contributed by atoms with Crippen molar-refractivity contribution in [2.75, 3.05) is 23.9 Å². The fourth-order valence-corrected chi connectivity index (χ4v) is 4.86. The van der Waals surface area contributed by atoms with Crippen LogP contribution in [0, 0.1) is 0 Å². The predicted molar refractivity (Wildman–Crippen MR) is 156 cm³/mol. The van der Waals surface area contributed by atoms with E-state index in [0.717, 1.165) is 10.5 Å². The SMILES string of the molecule is COc1ccc(NC(=O)[C@H](c2ccc(Cl)cc2)N(Cc2ccccc2)C(=O)CN2C(=O)C(=O)c3ccccc32)cc1. The summed E-state index contributed by atoms with van der Waals surface area (Å²) in [6.45, 7) is -0.352. The summed E-state index contributed by atoms with van der Waals surface area (Å²) >= 11 is 6.15. The van der Waals surface area contributed by atoms with Gasteiger partial charge in [-0.15, -0.1) is 0 Å². The van der Waals surface area contributed by atoms with Crippen molar-refractivity contribution in [2.45, 2.75) is 12.6 Å². The molecular weight excluding hydrogens is 542 g/mol. The molecule has 1 atom stereocenters. The predicted octanol–water partition coefficient (Wildman–Crippen LogP) is 5.29. The number of hydrogen-bond acceptors (Lipinski definition) is 5. The number of anilines is 2. The topological polar surface area (TPSA) is 96.0 Å². The lowest BCUT2D eigenvalue weighted by atomic mass is 10.0. The van der Waals surface area contributed by atoms with Gasteiger partial charge in [-0.1, -0.05) is 66.2 Å². The molecule has 0 bridgehead atoms. The lowest BCUT2D eigenvalue weighted by Crippen LogP contribution is -2.46. The van der Waals surface area contributed by atoms with E-state index >= 15 is 0 Å². The molecule has 0 fully saturated rings. The number of ketones is 1. The van der Waals surface area contributed by atoms with Gasteiger partial charge in [0.15, 0.2) is 0 Å². The molecule has 4 aromatic rings. The van der Waals surface area contributed by atoms with Gasteiger partial charge in [0.25, 0.3) is 17.6 Å². The van der Waals surface area contributed by atoms with Gasteiger partial charge in [0.05, 0.1) is 18.4 Å². The Morgan fingerprint density at radius 2 is 1.54 bits per heavy atom. The van der Waals surface area contributed by atoms with E-state index in [0.29, 0.717) is 27.7 Å². The summed E-state index contributed by atoms with van der Waals surface area (Å²) in [5.41, 5.74) is 2.42. The Morgan fingerprint density at radius 3 is 2.22 bits per heavy atom. The van der Waals surface area contributed by atoms with Crippen molar-refractivity contribution in [3.8, 4) is 5.75 Å². The van der Waals surface area contributed by atoms with Crippen molar-refractivity contribution in [3.63, 3.8) is 0 Å². The Morgan fingerprint density at radius 1 is 0.878 bits per heavy atom. The monoisotopic (exact) mass is 567 g/mol. The summed E-state index contributed by atoms with van der Waals surface area (Å²) in [6, 6.07) is 28.2. The highest BCUT2D eigenvalue weighted by Gasteiger charge is 2.39. The maximum Gasteiger partial charge on any atom is 0.299 e. The maximum atomic E-state index is 14.1. The molecule has 206 valence electrons. The van der Waals surface area contributed by atoms with Crippen LogP contribution in [0.25, 0.3) is 0 Å². The van der Waals surface area contributed by atoms with E-state index in [-0.39, 0.29) is 12.1 Å². The number of nitrogens with one attached hydrogen (secondary N) is 1. The number of benzene rings is 4. The second-order valence-electron chi connectivity index (χ2n) is 9.42. The first-order valence-corrected chi connectivity index (χ1v) is 13.2. The first kappa shape index (κ1) is 27.6. The minimum atomic E-state index is -1.09. The average molecular weight is 568 g/mol. The molecule has 1 aliphatic heterocycles. The third kappa shape index (κ3) is 5.97. The number of methoxy groups -OCH3 is 1. The Labute approximate surface area is 242 Å². The molecule has 1 N–H and O–H groups in total. The number of hydrogen-bond donors (Lipinski definition) is 1. The fourth-order valence-electron chi connectivity index (χ4n) is 4.74. The molecule has 1 heterocycles. The van der Waals surface area contributed by atoms with Crippen molar-refractivity contribution in [1.29, 1.82) is 0 Å². The van der Waals surface area contributed by atoms with E-state index in [2.05, 4.69) is 5.32 Å². The third-order valence-electron chi connectivity index (χ3n) is 6.79. The Hall–Kier alpha value is -4.95. The summed E-state index contributed by atoms with van der Waals surface area (Å²) in [5, 5.41) is 3.37. The van der Waals surface area contributed by atoms with Crippen molar-refractivity contribution >= 4 is 46.5 Å². The second-order valence-corrected chi connectivity index (χ2v) is 9.85. The molecule has 0 unspecified atom stereocenters. The van der Waals surface area contributed by atoms with Crippen LogP contribution in [0.3, 0.4) is 0 Å². The molecule has 0 saturated carbocycles. The van der Waals surface area contributed by atoms with Gasteiger partial charge in [-0.25, -0.2) is 0 Å². The van der Waals surface area contributed by atoms with Crippen LogP contribution in [0.15, 0.2) is 103 Å². The largest absolute Gasteiger partial charge is 0.497 e. The van der Waals surface area contributed by atoms with Gasteiger partial charge in [-0.3, -0.25) is 24.1 Å². The third-order valence-corrected chi connectivity index (χ3v) is 7.04. The number of fused-ring (bicyclic) bond motifs is 1. The number of Topliss-reactive ketones (excluding diaryl/α,β-unsaturated/α-hetero) is 1. The minimum Gasteiger partial charge on any atom is -0.497 e. The molecule has 1 aliphatic rings. The summed E-state index contributed by atoms with van der Waals surface area (Å²) in [5.74, 6) is -1.81. The van der Waals surface area contributed by atoms with Crippen LogP contribution >= 0.6 is 11.6 Å². The highest BCUT2D eigenvalue weighted by molar-refractivity contribution is 6.52. The number of amides is 3. The second kappa shape index (κ2) is 12.1. The van der Waals surface area contributed by atoms with E-state index in [9.17, 15) is 19.2 Å². The highest BCUT2D eigenvalue weighted by atomic mass is 35.5.